The molecule has 1 aliphatic rings. The van der Waals surface area contributed by atoms with Crippen LogP contribution in [0, 0.1) is 0 Å². The van der Waals surface area contributed by atoms with Crippen molar-refractivity contribution in [2.75, 3.05) is 5.75 Å². The summed E-state index contributed by atoms with van der Waals surface area (Å²) in [5.41, 5.74) is 7.10. The van der Waals surface area contributed by atoms with E-state index in [-0.39, 0.29) is 5.91 Å². The first-order valence-corrected chi connectivity index (χ1v) is 5.48. The Kier molecular flexibility index (Phi) is 2.59. The minimum absolute atomic E-state index is 0.303. The maximum absolute atomic E-state index is 11.1. The molecule has 0 radical (unpaired) electrons. The van der Waals surface area contributed by atoms with Gasteiger partial charge in [-0.05, 0) is 24.1 Å². The molecule has 1 heterocycles. The zero-order chi connectivity index (χ0) is 9.97. The van der Waals surface area contributed by atoms with Gasteiger partial charge in [-0.1, -0.05) is 18.2 Å². The van der Waals surface area contributed by atoms with Gasteiger partial charge in [-0.25, -0.2) is 0 Å². The highest BCUT2D eigenvalue weighted by molar-refractivity contribution is 7.99. The summed E-state index contributed by atoms with van der Waals surface area (Å²) < 4.78 is 0. The van der Waals surface area contributed by atoms with Gasteiger partial charge in [-0.15, -0.1) is 11.8 Å². The van der Waals surface area contributed by atoms with Crippen LogP contribution in [0.25, 0.3) is 6.08 Å². The van der Waals surface area contributed by atoms with E-state index >= 15 is 0 Å². The summed E-state index contributed by atoms with van der Waals surface area (Å²) in [5.74, 6) is 0.619. The molecule has 3 heteroatoms. The van der Waals surface area contributed by atoms with Crippen molar-refractivity contribution in [3.8, 4) is 0 Å². The van der Waals surface area contributed by atoms with Gasteiger partial charge in [0.2, 0.25) is 5.91 Å². The van der Waals surface area contributed by atoms with Crippen molar-refractivity contribution in [2.45, 2.75) is 11.3 Å². The SMILES string of the molecule is NC(=O)C1=Cc2ccccc2SCC1. The zero-order valence-electron chi connectivity index (χ0n) is 7.69. The fourth-order valence-corrected chi connectivity index (χ4v) is 2.47. The number of benzene rings is 1. The smallest absolute Gasteiger partial charge is 0.244 e. The first kappa shape index (κ1) is 9.34. The number of thioether (sulfide) groups is 1. The van der Waals surface area contributed by atoms with Gasteiger partial charge < -0.3 is 5.73 Å². The van der Waals surface area contributed by atoms with E-state index in [9.17, 15) is 4.79 Å². The molecule has 2 rings (SSSR count). The topological polar surface area (TPSA) is 43.1 Å². The van der Waals surface area contributed by atoms with Crippen LogP contribution in [0.3, 0.4) is 0 Å². The number of primary amides is 1. The Morgan fingerprint density at radius 3 is 2.93 bits per heavy atom. The minimum Gasteiger partial charge on any atom is -0.366 e. The Morgan fingerprint density at radius 2 is 2.14 bits per heavy atom. The van der Waals surface area contributed by atoms with E-state index in [4.69, 9.17) is 5.73 Å². The molecule has 2 nitrogen and oxygen atoms in total. The van der Waals surface area contributed by atoms with Crippen LogP contribution in [0.1, 0.15) is 12.0 Å². The Balaban J connectivity index is 2.44. The maximum atomic E-state index is 11.1. The molecule has 1 aliphatic heterocycles. The Morgan fingerprint density at radius 1 is 1.36 bits per heavy atom. The lowest BCUT2D eigenvalue weighted by Gasteiger charge is -2.00. The van der Waals surface area contributed by atoms with E-state index < -0.39 is 0 Å². The molecule has 72 valence electrons. The molecule has 2 N–H and O–H groups in total. The summed E-state index contributed by atoms with van der Waals surface area (Å²) in [7, 11) is 0. The van der Waals surface area contributed by atoms with Crippen molar-refractivity contribution < 1.29 is 4.79 Å². The summed E-state index contributed by atoms with van der Waals surface area (Å²) in [5, 5.41) is 0. The first-order chi connectivity index (χ1) is 6.77. The van der Waals surface area contributed by atoms with Gasteiger partial charge in [0.1, 0.15) is 0 Å². The van der Waals surface area contributed by atoms with E-state index in [0.717, 1.165) is 23.3 Å². The lowest BCUT2D eigenvalue weighted by Crippen LogP contribution is -2.13. The van der Waals surface area contributed by atoms with Crippen molar-refractivity contribution in [1.29, 1.82) is 0 Å². The normalized spacial score (nSPS) is 15.3. The number of nitrogens with two attached hydrogens (primary N) is 1. The average molecular weight is 205 g/mol. The number of amides is 1. The van der Waals surface area contributed by atoms with Crippen LogP contribution < -0.4 is 5.73 Å². The third kappa shape index (κ3) is 1.82. The first-order valence-electron chi connectivity index (χ1n) is 4.49. The van der Waals surface area contributed by atoms with E-state index in [1.54, 1.807) is 11.8 Å². The molecule has 0 saturated carbocycles. The second-order valence-corrected chi connectivity index (χ2v) is 4.31. The number of fused-ring (bicyclic) bond motifs is 1. The van der Waals surface area contributed by atoms with E-state index in [0.29, 0.717) is 0 Å². The van der Waals surface area contributed by atoms with Gasteiger partial charge in [0.25, 0.3) is 0 Å². The molecule has 1 aromatic rings. The molecule has 14 heavy (non-hydrogen) atoms. The van der Waals surface area contributed by atoms with Gasteiger partial charge in [0.15, 0.2) is 0 Å². The van der Waals surface area contributed by atoms with Crippen molar-refractivity contribution in [3.63, 3.8) is 0 Å². The standard InChI is InChI=1S/C11H11NOS/c12-11(13)9-5-6-14-10-4-2-1-3-8(10)7-9/h1-4,7H,5-6H2,(H2,12,13). The molecule has 0 unspecified atom stereocenters. The van der Waals surface area contributed by atoms with Gasteiger partial charge in [-0.3, -0.25) is 4.79 Å². The number of carbonyl (C=O) groups is 1. The molecule has 0 aromatic heterocycles. The molecule has 0 bridgehead atoms. The maximum Gasteiger partial charge on any atom is 0.244 e. The lowest BCUT2D eigenvalue weighted by atomic mass is 10.1. The summed E-state index contributed by atoms with van der Waals surface area (Å²) in [6.45, 7) is 0. The highest BCUT2D eigenvalue weighted by atomic mass is 32.2. The van der Waals surface area contributed by atoms with E-state index in [1.165, 1.54) is 4.90 Å². The third-order valence-corrected chi connectivity index (χ3v) is 3.29. The molecular formula is C11H11NOS. The number of rotatable bonds is 1. The average Bonchev–Trinajstić information content (AvgIpc) is 2.39. The molecule has 1 amide bonds. The molecule has 0 saturated heterocycles. The van der Waals surface area contributed by atoms with Gasteiger partial charge in [-0.2, -0.15) is 0 Å². The fourth-order valence-electron chi connectivity index (χ4n) is 1.46. The second kappa shape index (κ2) is 3.88. The van der Waals surface area contributed by atoms with Gasteiger partial charge in [0.05, 0.1) is 0 Å². The molecular weight excluding hydrogens is 194 g/mol. The predicted octanol–water partition coefficient (Wildman–Crippen LogP) is 2.05. The molecule has 0 fully saturated rings. The third-order valence-electron chi connectivity index (χ3n) is 2.19. The Bertz CT molecular complexity index is 398. The minimum atomic E-state index is -0.303. The Labute approximate surface area is 87.2 Å². The van der Waals surface area contributed by atoms with Gasteiger partial charge in [0, 0.05) is 16.2 Å². The number of hydrogen-bond donors (Lipinski definition) is 1. The fraction of sp³-hybridized carbons (Fsp3) is 0.182. The van der Waals surface area contributed by atoms with E-state index in [2.05, 4.69) is 6.07 Å². The van der Waals surface area contributed by atoms with E-state index in [1.807, 2.05) is 24.3 Å². The van der Waals surface area contributed by atoms with Crippen LogP contribution >= 0.6 is 11.8 Å². The monoisotopic (exact) mass is 205 g/mol. The van der Waals surface area contributed by atoms with Crippen LogP contribution in [0.15, 0.2) is 34.7 Å². The van der Waals surface area contributed by atoms with Crippen molar-refractivity contribution in [2.24, 2.45) is 5.73 Å². The van der Waals surface area contributed by atoms with Crippen LogP contribution in [-0.4, -0.2) is 11.7 Å². The highest BCUT2D eigenvalue weighted by Crippen LogP contribution is 2.29. The van der Waals surface area contributed by atoms with Crippen molar-refractivity contribution in [1.82, 2.24) is 0 Å². The summed E-state index contributed by atoms with van der Waals surface area (Å²) >= 11 is 1.77. The predicted molar refractivity (Wildman–Crippen MR) is 59.0 cm³/mol. The summed E-state index contributed by atoms with van der Waals surface area (Å²) in [4.78, 5) is 12.3. The molecule has 1 aromatic carbocycles. The number of hydrogen-bond acceptors (Lipinski definition) is 2. The number of carbonyl (C=O) groups excluding carboxylic acids is 1. The second-order valence-electron chi connectivity index (χ2n) is 3.17. The summed E-state index contributed by atoms with van der Waals surface area (Å²) in [6.07, 6.45) is 2.66. The zero-order valence-corrected chi connectivity index (χ0v) is 8.51. The lowest BCUT2D eigenvalue weighted by molar-refractivity contribution is -0.114. The molecule has 0 atom stereocenters. The van der Waals surface area contributed by atoms with Crippen LogP contribution in [0.2, 0.25) is 0 Å². The van der Waals surface area contributed by atoms with Crippen molar-refractivity contribution >= 4 is 23.7 Å². The van der Waals surface area contributed by atoms with Crippen molar-refractivity contribution in [3.05, 3.63) is 35.4 Å². The van der Waals surface area contributed by atoms with Crippen LogP contribution in [0.4, 0.5) is 0 Å². The highest BCUT2D eigenvalue weighted by Gasteiger charge is 2.11. The molecule has 0 aliphatic carbocycles. The largest absolute Gasteiger partial charge is 0.366 e. The molecule has 0 spiro atoms. The van der Waals surface area contributed by atoms with Crippen LogP contribution in [-0.2, 0) is 4.79 Å². The quantitative estimate of drug-likeness (QED) is 0.762. The Hall–Kier alpha value is -1.22. The summed E-state index contributed by atoms with van der Waals surface area (Å²) in [6, 6.07) is 8.06. The van der Waals surface area contributed by atoms with Crippen LogP contribution in [0.5, 0.6) is 0 Å². The van der Waals surface area contributed by atoms with Gasteiger partial charge >= 0.3 is 0 Å².